The van der Waals surface area contributed by atoms with E-state index in [0.29, 0.717) is 19.3 Å². The van der Waals surface area contributed by atoms with Crippen LogP contribution in [0.3, 0.4) is 0 Å². The molecule has 0 spiro atoms. The number of allylic oxidation sites excluding steroid dienone is 2. The van der Waals surface area contributed by atoms with Gasteiger partial charge in [-0.25, -0.2) is 0 Å². The third kappa shape index (κ3) is 37.5. The second-order valence-corrected chi connectivity index (χ2v) is 16.5. The van der Waals surface area contributed by atoms with E-state index in [0.717, 1.165) is 44.9 Å². The number of ether oxygens (including phenoxy) is 1. The molecule has 3 N–H and O–H groups in total. The quantitative estimate of drug-likeness (QED) is 0.0326. The molecule has 0 bridgehead atoms. The van der Waals surface area contributed by atoms with Crippen molar-refractivity contribution in [3.05, 3.63) is 12.2 Å². The minimum atomic E-state index is -0.779. The molecule has 0 aromatic rings. The highest BCUT2D eigenvalue weighted by molar-refractivity contribution is 5.77. The summed E-state index contributed by atoms with van der Waals surface area (Å²) in [6.45, 7) is 6.45. The van der Waals surface area contributed by atoms with Crippen molar-refractivity contribution in [3.8, 4) is 0 Å². The van der Waals surface area contributed by atoms with E-state index >= 15 is 0 Å². The number of aliphatic hydroxyl groups excluding tert-OH is 2. The highest BCUT2D eigenvalue weighted by atomic mass is 16.5. The van der Waals surface area contributed by atoms with Gasteiger partial charge in [0.05, 0.1) is 25.2 Å². The van der Waals surface area contributed by atoms with Crippen LogP contribution in [0.1, 0.15) is 258 Å². The predicted octanol–water partition coefficient (Wildman–Crippen LogP) is 13.8. The van der Waals surface area contributed by atoms with Gasteiger partial charge in [-0.05, 0) is 51.4 Å². The molecular formula is C48H93NO5. The van der Waals surface area contributed by atoms with E-state index in [1.165, 1.54) is 167 Å². The maximum atomic E-state index is 13.1. The summed E-state index contributed by atoms with van der Waals surface area (Å²) < 4.78 is 5.89. The molecule has 1 amide bonds. The summed E-state index contributed by atoms with van der Waals surface area (Å²) in [6, 6.07) is -0.693. The number of esters is 1. The first-order valence-corrected chi connectivity index (χ1v) is 23.9. The fourth-order valence-electron chi connectivity index (χ4n) is 7.43. The summed E-state index contributed by atoms with van der Waals surface area (Å²) in [6.07, 6.45) is 45.6. The van der Waals surface area contributed by atoms with Crippen LogP contribution in [0, 0.1) is 0 Å². The Morgan fingerprint density at radius 1 is 0.519 bits per heavy atom. The molecule has 6 nitrogen and oxygen atoms in total. The predicted molar refractivity (Wildman–Crippen MR) is 232 cm³/mol. The first kappa shape index (κ1) is 52.6. The fraction of sp³-hybridized carbons (Fsp3) is 0.917. The van der Waals surface area contributed by atoms with Crippen LogP contribution in [0.4, 0.5) is 0 Å². The summed E-state index contributed by atoms with van der Waals surface area (Å²) in [7, 11) is 0. The second kappa shape index (κ2) is 42.7. The molecule has 320 valence electrons. The van der Waals surface area contributed by atoms with Crippen molar-refractivity contribution >= 4 is 11.9 Å². The third-order valence-electron chi connectivity index (χ3n) is 11.1. The molecule has 3 unspecified atom stereocenters. The number of rotatable bonds is 43. The van der Waals surface area contributed by atoms with E-state index in [9.17, 15) is 19.8 Å². The smallest absolute Gasteiger partial charge is 0.306 e. The summed E-state index contributed by atoms with van der Waals surface area (Å²) >= 11 is 0. The zero-order valence-electron chi connectivity index (χ0n) is 36.4. The Morgan fingerprint density at radius 2 is 0.889 bits per heavy atom. The summed E-state index contributed by atoms with van der Waals surface area (Å²) in [4.78, 5) is 25.9. The minimum Gasteiger partial charge on any atom is -0.462 e. The Kier molecular flexibility index (Phi) is 41.6. The molecule has 0 aliphatic rings. The molecule has 0 saturated heterocycles. The molecule has 0 aromatic heterocycles. The Labute approximate surface area is 336 Å². The summed E-state index contributed by atoms with van der Waals surface area (Å²) in [5.41, 5.74) is 0. The lowest BCUT2D eigenvalue weighted by Gasteiger charge is -2.24. The van der Waals surface area contributed by atoms with Gasteiger partial charge in [0, 0.05) is 6.42 Å². The lowest BCUT2D eigenvalue weighted by molar-refractivity contribution is -0.151. The molecule has 0 saturated carbocycles. The molecule has 3 atom stereocenters. The van der Waals surface area contributed by atoms with Crippen LogP contribution in [0.5, 0.6) is 0 Å². The van der Waals surface area contributed by atoms with Gasteiger partial charge in [0.25, 0.3) is 0 Å². The number of nitrogens with one attached hydrogen (secondary N) is 1. The van der Waals surface area contributed by atoms with Gasteiger partial charge >= 0.3 is 5.97 Å². The molecule has 0 heterocycles. The van der Waals surface area contributed by atoms with Gasteiger partial charge in [-0.1, -0.05) is 206 Å². The standard InChI is InChI=1S/C48H93NO5/c1-4-7-10-13-16-19-21-22-23-24-25-26-27-29-32-35-38-41-48(53)54-44(39-36-33-30-18-15-12-9-6-3)42-47(52)49-45(43-50)46(51)40-37-34-31-28-20-17-14-11-8-5-2/h22-23,44-46,50-51H,4-21,24-43H2,1-3H3,(H,49,52)/b23-22+. The monoisotopic (exact) mass is 764 g/mol. The number of hydrogen-bond acceptors (Lipinski definition) is 5. The summed E-state index contributed by atoms with van der Waals surface area (Å²) in [5.74, 6) is -0.471. The number of unbranched alkanes of at least 4 members (excludes halogenated alkanes) is 29. The van der Waals surface area contributed by atoms with Gasteiger partial charge in [-0.15, -0.1) is 0 Å². The number of hydrogen-bond donors (Lipinski definition) is 3. The Bertz CT molecular complexity index is 817. The van der Waals surface area contributed by atoms with Crippen LogP contribution < -0.4 is 5.32 Å². The van der Waals surface area contributed by atoms with E-state index in [2.05, 4.69) is 38.2 Å². The van der Waals surface area contributed by atoms with Gasteiger partial charge in [-0.2, -0.15) is 0 Å². The molecule has 6 heteroatoms. The van der Waals surface area contributed by atoms with Crippen LogP contribution in [-0.2, 0) is 14.3 Å². The third-order valence-corrected chi connectivity index (χ3v) is 11.1. The number of amides is 1. The molecule has 54 heavy (non-hydrogen) atoms. The van der Waals surface area contributed by atoms with Gasteiger partial charge < -0.3 is 20.3 Å². The topological polar surface area (TPSA) is 95.9 Å². The fourth-order valence-corrected chi connectivity index (χ4v) is 7.43. The zero-order valence-corrected chi connectivity index (χ0v) is 36.4. The van der Waals surface area contributed by atoms with Crippen molar-refractivity contribution in [1.82, 2.24) is 5.32 Å². The number of aliphatic hydroxyl groups is 2. The highest BCUT2D eigenvalue weighted by Gasteiger charge is 2.24. The van der Waals surface area contributed by atoms with Crippen molar-refractivity contribution < 1.29 is 24.5 Å². The Balaban J connectivity index is 4.41. The van der Waals surface area contributed by atoms with E-state index in [1.54, 1.807) is 0 Å². The average Bonchev–Trinajstić information content (AvgIpc) is 3.16. The van der Waals surface area contributed by atoms with E-state index < -0.39 is 18.2 Å². The molecule has 0 aromatic carbocycles. The van der Waals surface area contributed by atoms with Crippen LogP contribution >= 0.6 is 0 Å². The van der Waals surface area contributed by atoms with Crippen molar-refractivity contribution in [2.24, 2.45) is 0 Å². The van der Waals surface area contributed by atoms with Crippen molar-refractivity contribution in [3.63, 3.8) is 0 Å². The van der Waals surface area contributed by atoms with Crippen molar-refractivity contribution in [2.45, 2.75) is 277 Å². The van der Waals surface area contributed by atoms with E-state index in [-0.39, 0.29) is 24.9 Å². The second-order valence-electron chi connectivity index (χ2n) is 16.5. The Hall–Kier alpha value is -1.40. The normalized spacial score (nSPS) is 13.4. The molecule has 0 radical (unpaired) electrons. The molecule has 0 fully saturated rings. The first-order chi connectivity index (χ1) is 26.5. The number of carbonyl (C=O) groups is 2. The van der Waals surface area contributed by atoms with E-state index in [1.807, 2.05) is 0 Å². The Morgan fingerprint density at radius 3 is 1.31 bits per heavy atom. The lowest BCUT2D eigenvalue weighted by atomic mass is 10.0. The van der Waals surface area contributed by atoms with Gasteiger partial charge in [-0.3, -0.25) is 9.59 Å². The minimum absolute atomic E-state index is 0.0813. The average molecular weight is 764 g/mol. The van der Waals surface area contributed by atoms with Gasteiger partial charge in [0.15, 0.2) is 0 Å². The van der Waals surface area contributed by atoms with Crippen LogP contribution in [0.15, 0.2) is 12.2 Å². The van der Waals surface area contributed by atoms with Crippen LogP contribution in [0.25, 0.3) is 0 Å². The SMILES string of the molecule is CCCCCCCC/C=C/CCCCCCCCCC(=O)OC(CCCCCCCCCC)CC(=O)NC(CO)C(O)CCCCCCCCCCCC. The first-order valence-electron chi connectivity index (χ1n) is 23.9. The molecule has 0 rings (SSSR count). The zero-order chi connectivity index (χ0) is 39.6. The van der Waals surface area contributed by atoms with Crippen molar-refractivity contribution in [2.75, 3.05) is 6.61 Å². The van der Waals surface area contributed by atoms with Gasteiger partial charge in [0.2, 0.25) is 5.91 Å². The molecule has 0 aliphatic carbocycles. The van der Waals surface area contributed by atoms with E-state index in [4.69, 9.17) is 4.74 Å². The maximum Gasteiger partial charge on any atom is 0.306 e. The van der Waals surface area contributed by atoms with Crippen molar-refractivity contribution in [1.29, 1.82) is 0 Å². The van der Waals surface area contributed by atoms with Crippen LogP contribution in [0.2, 0.25) is 0 Å². The lowest BCUT2D eigenvalue weighted by Crippen LogP contribution is -2.46. The van der Waals surface area contributed by atoms with Gasteiger partial charge in [0.1, 0.15) is 6.10 Å². The summed E-state index contributed by atoms with van der Waals surface area (Å²) in [5, 5.41) is 23.6. The van der Waals surface area contributed by atoms with Crippen LogP contribution in [-0.4, -0.2) is 46.9 Å². The molecule has 0 aliphatic heterocycles. The maximum absolute atomic E-state index is 13.1. The highest BCUT2D eigenvalue weighted by Crippen LogP contribution is 2.18. The largest absolute Gasteiger partial charge is 0.462 e. The number of carbonyl (C=O) groups excluding carboxylic acids is 2. The molecular weight excluding hydrogens is 671 g/mol.